The standard InChI is InChI=1S/C11H19NO5/c1-4-17-9(13)6-5-8(11(15)16)12-10(14)7(2)3/h7-8H,4-6H2,1-3H3,(H,12,14)(H,15,16)/t8-/m0/s1. The maximum atomic E-state index is 11.3. The number of aliphatic carboxylic acids is 1. The van der Waals surface area contributed by atoms with Crippen LogP contribution in [0.5, 0.6) is 0 Å². The van der Waals surface area contributed by atoms with E-state index in [4.69, 9.17) is 5.11 Å². The van der Waals surface area contributed by atoms with Gasteiger partial charge >= 0.3 is 11.9 Å². The Labute approximate surface area is 100 Å². The first-order valence-electron chi connectivity index (χ1n) is 5.57. The van der Waals surface area contributed by atoms with Crippen molar-refractivity contribution in [3.05, 3.63) is 0 Å². The molecule has 0 rings (SSSR count). The van der Waals surface area contributed by atoms with Gasteiger partial charge < -0.3 is 15.2 Å². The fourth-order valence-electron chi connectivity index (χ4n) is 1.09. The lowest BCUT2D eigenvalue weighted by atomic mass is 10.1. The van der Waals surface area contributed by atoms with Gasteiger partial charge in [-0.05, 0) is 13.3 Å². The first-order valence-corrected chi connectivity index (χ1v) is 5.57. The second-order valence-electron chi connectivity index (χ2n) is 3.90. The average Bonchev–Trinajstić information content (AvgIpc) is 2.23. The van der Waals surface area contributed by atoms with E-state index in [-0.39, 0.29) is 31.3 Å². The summed E-state index contributed by atoms with van der Waals surface area (Å²) in [6, 6.07) is -1.05. The number of ether oxygens (including phenoxy) is 1. The molecule has 0 aromatic heterocycles. The minimum absolute atomic E-state index is 0.0246. The van der Waals surface area contributed by atoms with E-state index >= 15 is 0 Å². The third kappa shape index (κ3) is 6.55. The van der Waals surface area contributed by atoms with Gasteiger partial charge in [0.25, 0.3) is 0 Å². The molecule has 0 aliphatic carbocycles. The number of nitrogens with one attached hydrogen (secondary N) is 1. The van der Waals surface area contributed by atoms with Crippen molar-refractivity contribution in [2.75, 3.05) is 6.61 Å². The van der Waals surface area contributed by atoms with Crippen LogP contribution < -0.4 is 5.32 Å². The molecule has 0 heterocycles. The normalized spacial score (nSPS) is 12.0. The van der Waals surface area contributed by atoms with Crippen LogP contribution in [-0.4, -0.2) is 35.6 Å². The Hall–Kier alpha value is -1.59. The fourth-order valence-corrected chi connectivity index (χ4v) is 1.09. The van der Waals surface area contributed by atoms with Crippen molar-refractivity contribution in [1.29, 1.82) is 0 Å². The van der Waals surface area contributed by atoms with E-state index in [0.717, 1.165) is 0 Å². The smallest absolute Gasteiger partial charge is 0.326 e. The van der Waals surface area contributed by atoms with Crippen molar-refractivity contribution in [1.82, 2.24) is 5.32 Å². The van der Waals surface area contributed by atoms with Gasteiger partial charge in [-0.1, -0.05) is 13.8 Å². The van der Waals surface area contributed by atoms with Crippen LogP contribution in [0.4, 0.5) is 0 Å². The highest BCUT2D eigenvalue weighted by molar-refractivity contribution is 5.84. The molecule has 0 spiro atoms. The van der Waals surface area contributed by atoms with Crippen molar-refractivity contribution >= 4 is 17.8 Å². The van der Waals surface area contributed by atoms with Crippen molar-refractivity contribution in [3.63, 3.8) is 0 Å². The summed E-state index contributed by atoms with van der Waals surface area (Å²) in [6.45, 7) is 5.27. The van der Waals surface area contributed by atoms with Crippen LogP contribution in [0.2, 0.25) is 0 Å². The molecule has 0 radical (unpaired) electrons. The van der Waals surface area contributed by atoms with E-state index < -0.39 is 18.0 Å². The van der Waals surface area contributed by atoms with Gasteiger partial charge in [-0.15, -0.1) is 0 Å². The lowest BCUT2D eigenvalue weighted by molar-refractivity contribution is -0.145. The monoisotopic (exact) mass is 245 g/mol. The summed E-state index contributed by atoms with van der Waals surface area (Å²) in [4.78, 5) is 33.3. The van der Waals surface area contributed by atoms with Gasteiger partial charge in [0.1, 0.15) is 6.04 Å². The Morgan fingerprint density at radius 3 is 2.29 bits per heavy atom. The van der Waals surface area contributed by atoms with Crippen LogP contribution in [0.25, 0.3) is 0 Å². The van der Waals surface area contributed by atoms with E-state index in [1.807, 2.05) is 0 Å². The molecule has 0 saturated heterocycles. The Balaban J connectivity index is 4.21. The van der Waals surface area contributed by atoms with Crippen LogP contribution in [-0.2, 0) is 19.1 Å². The number of carboxylic acid groups (broad SMARTS) is 1. The molecule has 6 heteroatoms. The third-order valence-electron chi connectivity index (χ3n) is 2.08. The Morgan fingerprint density at radius 2 is 1.88 bits per heavy atom. The number of carbonyl (C=O) groups is 3. The summed E-state index contributed by atoms with van der Waals surface area (Å²) >= 11 is 0. The third-order valence-corrected chi connectivity index (χ3v) is 2.08. The van der Waals surface area contributed by atoms with Crippen LogP contribution in [0.1, 0.15) is 33.6 Å². The summed E-state index contributed by atoms with van der Waals surface area (Å²) in [5.41, 5.74) is 0. The van der Waals surface area contributed by atoms with E-state index in [2.05, 4.69) is 10.1 Å². The minimum Gasteiger partial charge on any atom is -0.480 e. The summed E-state index contributed by atoms with van der Waals surface area (Å²) < 4.78 is 4.68. The number of carbonyl (C=O) groups excluding carboxylic acids is 2. The number of hydrogen-bond donors (Lipinski definition) is 2. The second-order valence-corrected chi connectivity index (χ2v) is 3.90. The van der Waals surface area contributed by atoms with E-state index in [1.165, 1.54) is 0 Å². The summed E-state index contributed by atoms with van der Waals surface area (Å²) in [7, 11) is 0. The lowest BCUT2D eigenvalue weighted by Gasteiger charge is -2.15. The van der Waals surface area contributed by atoms with Crippen LogP contribution in [0.3, 0.4) is 0 Å². The zero-order valence-corrected chi connectivity index (χ0v) is 10.4. The molecule has 0 aromatic carbocycles. The first kappa shape index (κ1) is 15.4. The Morgan fingerprint density at radius 1 is 1.29 bits per heavy atom. The summed E-state index contributed by atoms with van der Waals surface area (Å²) in [5, 5.41) is 11.2. The molecule has 0 saturated carbocycles. The maximum Gasteiger partial charge on any atom is 0.326 e. The molecule has 0 aliphatic heterocycles. The molecule has 17 heavy (non-hydrogen) atoms. The van der Waals surface area contributed by atoms with Crippen molar-refractivity contribution in [2.24, 2.45) is 5.92 Å². The van der Waals surface area contributed by atoms with Gasteiger partial charge in [-0.2, -0.15) is 0 Å². The number of amides is 1. The van der Waals surface area contributed by atoms with E-state index in [9.17, 15) is 14.4 Å². The zero-order chi connectivity index (χ0) is 13.4. The number of hydrogen-bond acceptors (Lipinski definition) is 4. The predicted octanol–water partition coefficient (Wildman–Crippen LogP) is 0.555. The van der Waals surface area contributed by atoms with Gasteiger partial charge in [0.2, 0.25) is 5.91 Å². The van der Waals surface area contributed by atoms with E-state index in [1.54, 1.807) is 20.8 Å². The van der Waals surface area contributed by atoms with Gasteiger partial charge in [-0.3, -0.25) is 9.59 Å². The van der Waals surface area contributed by atoms with E-state index in [0.29, 0.717) is 0 Å². The number of carboxylic acids is 1. The highest BCUT2D eigenvalue weighted by Crippen LogP contribution is 2.02. The molecule has 0 unspecified atom stereocenters. The summed E-state index contributed by atoms with van der Waals surface area (Å²) in [6.07, 6.45) is 0.00973. The Bertz CT molecular complexity index is 288. The zero-order valence-electron chi connectivity index (χ0n) is 10.4. The molecule has 2 N–H and O–H groups in total. The molecule has 0 aromatic rings. The quantitative estimate of drug-likeness (QED) is 0.639. The van der Waals surface area contributed by atoms with Crippen LogP contribution in [0, 0.1) is 5.92 Å². The molecule has 98 valence electrons. The predicted molar refractivity (Wildman–Crippen MR) is 60.3 cm³/mol. The molecule has 0 aliphatic rings. The van der Waals surface area contributed by atoms with Gasteiger partial charge in [-0.25, -0.2) is 4.79 Å². The second kappa shape index (κ2) is 7.65. The van der Waals surface area contributed by atoms with Crippen molar-refractivity contribution in [2.45, 2.75) is 39.7 Å². The molecule has 1 atom stereocenters. The number of esters is 1. The maximum absolute atomic E-state index is 11.3. The topological polar surface area (TPSA) is 92.7 Å². The average molecular weight is 245 g/mol. The van der Waals surface area contributed by atoms with Crippen molar-refractivity contribution in [3.8, 4) is 0 Å². The minimum atomic E-state index is -1.15. The fraction of sp³-hybridized carbons (Fsp3) is 0.727. The highest BCUT2D eigenvalue weighted by Gasteiger charge is 2.22. The molecule has 1 amide bonds. The highest BCUT2D eigenvalue weighted by atomic mass is 16.5. The van der Waals surface area contributed by atoms with Gasteiger partial charge in [0.15, 0.2) is 0 Å². The Kier molecular flexibility index (Phi) is 6.93. The molecule has 6 nitrogen and oxygen atoms in total. The van der Waals surface area contributed by atoms with Crippen LogP contribution >= 0.6 is 0 Å². The van der Waals surface area contributed by atoms with Crippen LogP contribution in [0.15, 0.2) is 0 Å². The molecular formula is C11H19NO5. The molecule has 0 fully saturated rings. The van der Waals surface area contributed by atoms with Gasteiger partial charge in [0.05, 0.1) is 6.61 Å². The van der Waals surface area contributed by atoms with Crippen molar-refractivity contribution < 1.29 is 24.2 Å². The van der Waals surface area contributed by atoms with Gasteiger partial charge in [0, 0.05) is 12.3 Å². The SMILES string of the molecule is CCOC(=O)CC[C@H](NC(=O)C(C)C)C(=O)O. The molecule has 0 bridgehead atoms. The number of rotatable bonds is 7. The lowest BCUT2D eigenvalue weighted by Crippen LogP contribution is -2.42. The summed E-state index contributed by atoms with van der Waals surface area (Å²) in [5.74, 6) is -2.25. The largest absolute Gasteiger partial charge is 0.480 e. The molecular weight excluding hydrogens is 226 g/mol. The first-order chi connectivity index (χ1) is 7.88.